The number of hydrogen-bond donors (Lipinski definition) is 2. The standard InChI is InChI=1S/C19H21N5O/c1-10-3-4-13-8-14(9-22-15(13)7-10)17-16(19(21)25)18(20)24(23-17)11(2)12-5-6-12/h3-4,7-9,11-12H,5-6,20H2,1-2H3,(H2,21,25). The van der Waals surface area contributed by atoms with Crippen LogP contribution in [0.4, 0.5) is 5.82 Å². The van der Waals surface area contributed by atoms with Gasteiger partial charge in [-0.1, -0.05) is 12.1 Å². The molecular formula is C19H21N5O. The molecule has 1 amide bonds. The number of pyridine rings is 1. The Bertz CT molecular complexity index is 987. The van der Waals surface area contributed by atoms with Crippen LogP contribution < -0.4 is 11.5 Å². The number of carbonyl (C=O) groups excluding carboxylic acids is 1. The lowest BCUT2D eigenvalue weighted by Gasteiger charge is -2.12. The fraction of sp³-hybridized carbons (Fsp3) is 0.316. The summed E-state index contributed by atoms with van der Waals surface area (Å²) in [5, 5.41) is 5.63. The molecule has 128 valence electrons. The molecule has 0 radical (unpaired) electrons. The van der Waals surface area contributed by atoms with Crippen molar-refractivity contribution < 1.29 is 4.79 Å². The third-order valence-corrected chi connectivity index (χ3v) is 5.00. The lowest BCUT2D eigenvalue weighted by molar-refractivity contribution is 0.100. The molecule has 0 aliphatic heterocycles. The highest BCUT2D eigenvalue weighted by Crippen LogP contribution is 2.41. The summed E-state index contributed by atoms with van der Waals surface area (Å²) >= 11 is 0. The molecule has 3 aromatic rings. The van der Waals surface area contributed by atoms with Gasteiger partial charge in [0.15, 0.2) is 0 Å². The minimum atomic E-state index is -0.564. The van der Waals surface area contributed by atoms with Crippen LogP contribution in [0.5, 0.6) is 0 Å². The van der Waals surface area contributed by atoms with E-state index in [0.29, 0.717) is 17.4 Å². The Morgan fingerprint density at radius 3 is 2.76 bits per heavy atom. The molecule has 25 heavy (non-hydrogen) atoms. The number of aromatic nitrogens is 3. The van der Waals surface area contributed by atoms with E-state index in [1.807, 2.05) is 31.2 Å². The number of primary amides is 1. The van der Waals surface area contributed by atoms with Crippen LogP contribution in [-0.4, -0.2) is 20.7 Å². The van der Waals surface area contributed by atoms with Crippen molar-refractivity contribution >= 4 is 22.6 Å². The van der Waals surface area contributed by atoms with Gasteiger partial charge in [0.2, 0.25) is 0 Å². The number of benzene rings is 1. The second kappa shape index (κ2) is 5.58. The molecule has 1 saturated carbocycles. The zero-order valence-corrected chi connectivity index (χ0v) is 14.4. The second-order valence-corrected chi connectivity index (χ2v) is 6.92. The largest absolute Gasteiger partial charge is 0.383 e. The third-order valence-electron chi connectivity index (χ3n) is 5.00. The maximum atomic E-state index is 12.0. The average molecular weight is 335 g/mol. The summed E-state index contributed by atoms with van der Waals surface area (Å²) in [5.41, 5.74) is 15.4. The maximum absolute atomic E-state index is 12.0. The van der Waals surface area contributed by atoms with E-state index in [0.717, 1.165) is 22.0 Å². The molecule has 4 rings (SSSR count). The first-order chi connectivity index (χ1) is 12.0. The SMILES string of the molecule is Cc1ccc2cc(-c3nn(C(C)C4CC4)c(N)c3C(N)=O)cnc2c1. The van der Waals surface area contributed by atoms with Crippen molar-refractivity contribution in [3.63, 3.8) is 0 Å². The van der Waals surface area contributed by atoms with Gasteiger partial charge in [0.25, 0.3) is 5.91 Å². The average Bonchev–Trinajstić information content (AvgIpc) is 3.36. The van der Waals surface area contributed by atoms with Gasteiger partial charge >= 0.3 is 0 Å². The van der Waals surface area contributed by atoms with E-state index >= 15 is 0 Å². The molecule has 2 heterocycles. The Morgan fingerprint density at radius 2 is 2.08 bits per heavy atom. The summed E-state index contributed by atoms with van der Waals surface area (Å²) in [4.78, 5) is 16.5. The van der Waals surface area contributed by atoms with E-state index < -0.39 is 5.91 Å². The summed E-state index contributed by atoms with van der Waals surface area (Å²) in [5.74, 6) is 0.338. The molecule has 6 heteroatoms. The van der Waals surface area contributed by atoms with E-state index in [4.69, 9.17) is 11.5 Å². The second-order valence-electron chi connectivity index (χ2n) is 6.92. The van der Waals surface area contributed by atoms with E-state index in [1.165, 1.54) is 12.8 Å². The Kier molecular flexibility index (Phi) is 3.49. The highest BCUT2D eigenvalue weighted by Gasteiger charge is 2.33. The van der Waals surface area contributed by atoms with Crippen LogP contribution >= 0.6 is 0 Å². The fourth-order valence-corrected chi connectivity index (χ4v) is 3.34. The van der Waals surface area contributed by atoms with Crippen LogP contribution in [0.15, 0.2) is 30.5 Å². The predicted molar refractivity (Wildman–Crippen MR) is 98.1 cm³/mol. The van der Waals surface area contributed by atoms with Crippen LogP contribution in [0.3, 0.4) is 0 Å². The number of aryl methyl sites for hydroxylation is 1. The lowest BCUT2D eigenvalue weighted by Crippen LogP contribution is -2.16. The van der Waals surface area contributed by atoms with Gasteiger partial charge in [-0.3, -0.25) is 9.78 Å². The van der Waals surface area contributed by atoms with Gasteiger partial charge in [0, 0.05) is 17.1 Å². The first kappa shape index (κ1) is 15.6. The number of nitrogens with zero attached hydrogens (tertiary/aromatic N) is 3. The van der Waals surface area contributed by atoms with Gasteiger partial charge in [0.1, 0.15) is 17.1 Å². The Morgan fingerprint density at radius 1 is 1.32 bits per heavy atom. The summed E-state index contributed by atoms with van der Waals surface area (Å²) < 4.78 is 1.74. The normalized spacial score (nSPS) is 15.4. The molecule has 1 fully saturated rings. The number of carbonyl (C=O) groups is 1. The van der Waals surface area contributed by atoms with Gasteiger partial charge in [0.05, 0.1) is 11.6 Å². The van der Waals surface area contributed by atoms with Crippen LogP contribution in [0.2, 0.25) is 0 Å². The fourth-order valence-electron chi connectivity index (χ4n) is 3.34. The van der Waals surface area contributed by atoms with Crippen LogP contribution in [-0.2, 0) is 0 Å². The van der Waals surface area contributed by atoms with E-state index in [-0.39, 0.29) is 11.6 Å². The van der Waals surface area contributed by atoms with Crippen molar-refractivity contribution in [1.82, 2.24) is 14.8 Å². The molecular weight excluding hydrogens is 314 g/mol. The van der Waals surface area contributed by atoms with Gasteiger partial charge in [-0.25, -0.2) is 4.68 Å². The molecule has 4 N–H and O–H groups in total. The van der Waals surface area contributed by atoms with E-state index in [9.17, 15) is 4.79 Å². The Labute approximate surface area is 145 Å². The number of nitrogens with two attached hydrogens (primary N) is 2. The van der Waals surface area contributed by atoms with E-state index in [2.05, 4.69) is 17.0 Å². The molecule has 1 aromatic carbocycles. The van der Waals surface area contributed by atoms with Gasteiger partial charge < -0.3 is 11.5 Å². The zero-order valence-electron chi connectivity index (χ0n) is 14.4. The van der Waals surface area contributed by atoms with Crippen molar-refractivity contribution in [3.8, 4) is 11.3 Å². The van der Waals surface area contributed by atoms with Crippen molar-refractivity contribution in [3.05, 3.63) is 41.6 Å². The molecule has 2 aromatic heterocycles. The summed E-state index contributed by atoms with van der Waals surface area (Å²) in [6, 6.07) is 8.20. The number of fused-ring (bicyclic) bond motifs is 1. The van der Waals surface area contributed by atoms with Gasteiger partial charge in [-0.05, 0) is 50.3 Å². The summed E-state index contributed by atoms with van der Waals surface area (Å²) in [6.07, 6.45) is 4.05. The first-order valence-electron chi connectivity index (χ1n) is 8.50. The Hall–Kier alpha value is -2.89. The highest BCUT2D eigenvalue weighted by atomic mass is 16.1. The number of anilines is 1. The maximum Gasteiger partial charge on any atom is 0.254 e. The smallest absolute Gasteiger partial charge is 0.254 e. The number of hydrogen-bond acceptors (Lipinski definition) is 4. The van der Waals surface area contributed by atoms with Crippen LogP contribution in [0.1, 0.15) is 41.7 Å². The highest BCUT2D eigenvalue weighted by molar-refractivity contribution is 6.03. The Balaban J connectivity index is 1.87. The van der Waals surface area contributed by atoms with Crippen LogP contribution in [0, 0.1) is 12.8 Å². The molecule has 1 atom stereocenters. The predicted octanol–water partition coefficient (Wildman–Crippen LogP) is 3.06. The summed E-state index contributed by atoms with van der Waals surface area (Å²) in [7, 11) is 0. The van der Waals surface area contributed by atoms with Crippen molar-refractivity contribution in [1.29, 1.82) is 0 Å². The third kappa shape index (κ3) is 2.63. The molecule has 0 saturated heterocycles. The zero-order chi connectivity index (χ0) is 17.7. The van der Waals surface area contributed by atoms with Crippen LogP contribution in [0.25, 0.3) is 22.2 Å². The van der Waals surface area contributed by atoms with Crippen molar-refractivity contribution in [2.45, 2.75) is 32.7 Å². The monoisotopic (exact) mass is 335 g/mol. The van der Waals surface area contributed by atoms with Gasteiger partial charge in [-0.2, -0.15) is 5.10 Å². The van der Waals surface area contributed by atoms with E-state index in [1.54, 1.807) is 10.9 Å². The number of amides is 1. The van der Waals surface area contributed by atoms with Crippen molar-refractivity contribution in [2.75, 3.05) is 5.73 Å². The minimum Gasteiger partial charge on any atom is -0.383 e. The molecule has 6 nitrogen and oxygen atoms in total. The molecule has 0 bridgehead atoms. The molecule has 0 spiro atoms. The molecule has 1 aliphatic rings. The number of nitrogen functional groups attached to an aromatic ring is 1. The summed E-state index contributed by atoms with van der Waals surface area (Å²) in [6.45, 7) is 4.11. The molecule has 1 aliphatic carbocycles. The molecule has 1 unspecified atom stereocenters. The van der Waals surface area contributed by atoms with Gasteiger partial charge in [-0.15, -0.1) is 0 Å². The quantitative estimate of drug-likeness (QED) is 0.765. The van der Waals surface area contributed by atoms with Crippen molar-refractivity contribution in [2.24, 2.45) is 11.7 Å². The number of rotatable bonds is 4. The topological polar surface area (TPSA) is 99.8 Å². The lowest BCUT2D eigenvalue weighted by atomic mass is 10.1. The minimum absolute atomic E-state index is 0.155. The first-order valence-corrected chi connectivity index (χ1v) is 8.50.